The minimum absolute atomic E-state index is 0.0962. The molecule has 14 heavy (non-hydrogen) atoms. The molecular formula is C10H9ClF2O. The molecule has 0 amide bonds. The minimum Gasteiger partial charge on any atom is -0.302 e. The van der Waals surface area contributed by atoms with Gasteiger partial charge in [0, 0.05) is 11.0 Å². The van der Waals surface area contributed by atoms with Crippen molar-refractivity contribution in [1.29, 1.82) is 0 Å². The largest absolute Gasteiger partial charge is 0.302 e. The second-order valence-corrected chi connectivity index (χ2v) is 3.94. The fraction of sp³-hybridized carbons (Fsp3) is 0.300. The standard InChI is InChI=1S/C10H9ClF2O/c1-10(2,5-14)6-3-4-7(12)8(11)9(6)13/h3-5H,1-2H3. The molecule has 0 aliphatic rings. The monoisotopic (exact) mass is 218 g/mol. The topological polar surface area (TPSA) is 17.1 Å². The SMILES string of the molecule is CC(C)(C=O)c1ccc(F)c(Cl)c1F. The quantitative estimate of drug-likeness (QED) is 0.551. The number of aldehydes is 1. The summed E-state index contributed by atoms with van der Waals surface area (Å²) in [6, 6.07) is 2.27. The highest BCUT2D eigenvalue weighted by molar-refractivity contribution is 6.31. The summed E-state index contributed by atoms with van der Waals surface area (Å²) in [5.74, 6) is -1.70. The smallest absolute Gasteiger partial charge is 0.148 e. The zero-order valence-electron chi connectivity index (χ0n) is 7.77. The molecule has 1 aromatic rings. The lowest BCUT2D eigenvalue weighted by molar-refractivity contribution is -0.111. The molecule has 4 heteroatoms. The van der Waals surface area contributed by atoms with E-state index in [1.54, 1.807) is 0 Å². The summed E-state index contributed by atoms with van der Waals surface area (Å²) in [5, 5.41) is -0.572. The van der Waals surface area contributed by atoms with Crippen molar-refractivity contribution in [3.05, 3.63) is 34.4 Å². The predicted molar refractivity (Wildman–Crippen MR) is 50.5 cm³/mol. The third-order valence-electron chi connectivity index (χ3n) is 2.02. The lowest BCUT2D eigenvalue weighted by Gasteiger charge is -2.18. The molecule has 0 N–H and O–H groups in total. The molecule has 0 radical (unpaired) electrons. The van der Waals surface area contributed by atoms with Crippen molar-refractivity contribution < 1.29 is 13.6 Å². The molecular weight excluding hydrogens is 210 g/mol. The molecule has 0 spiro atoms. The molecule has 0 fully saturated rings. The van der Waals surface area contributed by atoms with Gasteiger partial charge in [0.25, 0.3) is 0 Å². The maximum absolute atomic E-state index is 13.4. The Labute approximate surface area is 85.7 Å². The van der Waals surface area contributed by atoms with Crippen LogP contribution in [0.1, 0.15) is 19.4 Å². The summed E-state index contributed by atoms with van der Waals surface area (Å²) in [5.41, 5.74) is -0.902. The van der Waals surface area contributed by atoms with Crippen molar-refractivity contribution in [1.82, 2.24) is 0 Å². The Hall–Kier alpha value is -0.960. The molecule has 0 saturated heterocycles. The fourth-order valence-corrected chi connectivity index (χ4v) is 1.25. The Morgan fingerprint density at radius 2 is 1.93 bits per heavy atom. The van der Waals surface area contributed by atoms with E-state index in [4.69, 9.17) is 11.6 Å². The predicted octanol–water partition coefficient (Wildman–Crippen LogP) is 3.09. The molecule has 1 nitrogen and oxygen atoms in total. The van der Waals surface area contributed by atoms with E-state index < -0.39 is 22.1 Å². The lowest BCUT2D eigenvalue weighted by Crippen LogP contribution is -2.20. The van der Waals surface area contributed by atoms with Gasteiger partial charge in [-0.2, -0.15) is 0 Å². The van der Waals surface area contributed by atoms with E-state index in [0.29, 0.717) is 6.29 Å². The Morgan fingerprint density at radius 3 is 2.43 bits per heavy atom. The molecule has 0 atom stereocenters. The zero-order valence-corrected chi connectivity index (χ0v) is 8.53. The number of hydrogen-bond acceptors (Lipinski definition) is 1. The number of carbonyl (C=O) groups excluding carboxylic acids is 1. The molecule has 0 aromatic heterocycles. The average molecular weight is 219 g/mol. The van der Waals surface area contributed by atoms with E-state index in [-0.39, 0.29) is 5.56 Å². The van der Waals surface area contributed by atoms with E-state index in [0.717, 1.165) is 6.07 Å². The molecule has 76 valence electrons. The maximum Gasteiger partial charge on any atom is 0.148 e. The Bertz CT molecular complexity index is 375. The normalized spacial score (nSPS) is 11.5. The van der Waals surface area contributed by atoms with Gasteiger partial charge < -0.3 is 4.79 Å². The molecule has 1 rings (SSSR count). The molecule has 0 saturated carbocycles. The van der Waals surface area contributed by atoms with E-state index in [1.165, 1.54) is 19.9 Å². The van der Waals surface area contributed by atoms with E-state index in [2.05, 4.69) is 0 Å². The summed E-state index contributed by atoms with van der Waals surface area (Å²) >= 11 is 5.38. The van der Waals surface area contributed by atoms with Crippen molar-refractivity contribution in [3.63, 3.8) is 0 Å². The van der Waals surface area contributed by atoms with E-state index in [1.807, 2.05) is 0 Å². The van der Waals surface area contributed by atoms with Crippen LogP contribution in [0.5, 0.6) is 0 Å². The lowest BCUT2D eigenvalue weighted by atomic mass is 9.86. The average Bonchev–Trinajstić information content (AvgIpc) is 2.14. The number of benzene rings is 1. The van der Waals surface area contributed by atoms with E-state index >= 15 is 0 Å². The fourth-order valence-electron chi connectivity index (χ4n) is 1.09. The minimum atomic E-state index is -0.999. The highest BCUT2D eigenvalue weighted by atomic mass is 35.5. The van der Waals surface area contributed by atoms with Gasteiger partial charge in [-0.25, -0.2) is 8.78 Å². The van der Waals surface area contributed by atoms with Gasteiger partial charge in [0.1, 0.15) is 22.9 Å². The molecule has 0 aliphatic carbocycles. The van der Waals surface area contributed by atoms with Crippen LogP contribution in [0.15, 0.2) is 12.1 Å². The number of carbonyl (C=O) groups is 1. The maximum atomic E-state index is 13.4. The molecule has 0 unspecified atom stereocenters. The second kappa shape index (κ2) is 3.65. The first kappa shape index (κ1) is 11.1. The van der Waals surface area contributed by atoms with Crippen molar-refractivity contribution in [3.8, 4) is 0 Å². The van der Waals surface area contributed by atoms with Gasteiger partial charge in [-0.05, 0) is 19.9 Å². The van der Waals surface area contributed by atoms with Crippen LogP contribution in [-0.4, -0.2) is 6.29 Å². The van der Waals surface area contributed by atoms with Crippen molar-refractivity contribution in [2.75, 3.05) is 0 Å². The first-order chi connectivity index (χ1) is 6.40. The van der Waals surface area contributed by atoms with Crippen LogP contribution >= 0.6 is 11.6 Å². The summed E-state index contributed by atoms with van der Waals surface area (Å²) < 4.78 is 26.2. The zero-order chi connectivity index (χ0) is 10.9. The van der Waals surface area contributed by atoms with Gasteiger partial charge in [-0.1, -0.05) is 17.7 Å². The molecule has 0 bridgehead atoms. The number of halogens is 3. The van der Waals surface area contributed by atoms with Crippen molar-refractivity contribution in [2.24, 2.45) is 0 Å². The first-order valence-electron chi connectivity index (χ1n) is 4.00. The van der Waals surface area contributed by atoms with E-state index in [9.17, 15) is 13.6 Å². The Kier molecular flexibility index (Phi) is 2.90. The summed E-state index contributed by atoms with van der Waals surface area (Å²) in [6.07, 6.45) is 0.597. The van der Waals surface area contributed by atoms with Gasteiger partial charge in [0.05, 0.1) is 0 Å². The van der Waals surface area contributed by atoms with Crippen LogP contribution in [0.4, 0.5) is 8.78 Å². The highest BCUT2D eigenvalue weighted by Gasteiger charge is 2.25. The highest BCUT2D eigenvalue weighted by Crippen LogP contribution is 2.29. The summed E-state index contributed by atoms with van der Waals surface area (Å²) in [7, 11) is 0. The van der Waals surface area contributed by atoms with Gasteiger partial charge in [0.15, 0.2) is 0 Å². The van der Waals surface area contributed by atoms with Crippen LogP contribution < -0.4 is 0 Å². The second-order valence-electron chi connectivity index (χ2n) is 3.56. The van der Waals surface area contributed by atoms with Gasteiger partial charge >= 0.3 is 0 Å². The molecule has 0 aliphatic heterocycles. The van der Waals surface area contributed by atoms with Gasteiger partial charge in [0.2, 0.25) is 0 Å². The first-order valence-corrected chi connectivity index (χ1v) is 4.38. The molecule has 0 heterocycles. The van der Waals surface area contributed by atoms with Crippen molar-refractivity contribution in [2.45, 2.75) is 19.3 Å². The third-order valence-corrected chi connectivity index (χ3v) is 2.37. The van der Waals surface area contributed by atoms with Crippen LogP contribution in [0, 0.1) is 11.6 Å². The van der Waals surface area contributed by atoms with Gasteiger partial charge in [-0.3, -0.25) is 0 Å². The van der Waals surface area contributed by atoms with Crippen molar-refractivity contribution >= 4 is 17.9 Å². The van der Waals surface area contributed by atoms with Crippen LogP contribution in [0.2, 0.25) is 5.02 Å². The summed E-state index contributed by atoms with van der Waals surface area (Å²) in [6.45, 7) is 3.07. The Morgan fingerprint density at radius 1 is 1.36 bits per heavy atom. The number of rotatable bonds is 2. The van der Waals surface area contributed by atoms with Crippen LogP contribution in [0.3, 0.4) is 0 Å². The van der Waals surface area contributed by atoms with Crippen LogP contribution in [0.25, 0.3) is 0 Å². The summed E-state index contributed by atoms with van der Waals surface area (Å²) in [4.78, 5) is 10.7. The third kappa shape index (κ3) is 1.77. The number of hydrogen-bond donors (Lipinski definition) is 0. The Balaban J connectivity index is 3.38. The van der Waals surface area contributed by atoms with Crippen LogP contribution in [-0.2, 0) is 10.2 Å². The molecule has 1 aromatic carbocycles. The van der Waals surface area contributed by atoms with Gasteiger partial charge in [-0.15, -0.1) is 0 Å².